The molecule has 0 saturated heterocycles. The summed E-state index contributed by atoms with van der Waals surface area (Å²) in [5.41, 5.74) is 3.18. The summed E-state index contributed by atoms with van der Waals surface area (Å²) >= 11 is 0. The number of non-ortho nitro benzene ring substituents is 1. The number of benzene rings is 2. The number of carbonyl (C=O) groups is 1. The summed E-state index contributed by atoms with van der Waals surface area (Å²) in [6, 6.07) is 7.66. The van der Waals surface area contributed by atoms with Crippen molar-refractivity contribution < 1.29 is 19.2 Å². The van der Waals surface area contributed by atoms with Gasteiger partial charge in [0.15, 0.2) is 0 Å². The van der Waals surface area contributed by atoms with E-state index in [2.05, 4.69) is 10.5 Å². The molecule has 0 heterocycles. The minimum absolute atomic E-state index is 0.0771. The number of nitro groups is 1. The van der Waals surface area contributed by atoms with Crippen molar-refractivity contribution in [2.75, 3.05) is 0 Å². The quantitative estimate of drug-likeness (QED) is 0.660. The molecule has 0 unspecified atom stereocenters. The van der Waals surface area contributed by atoms with Crippen molar-refractivity contribution in [3.05, 3.63) is 69.0 Å². The van der Waals surface area contributed by atoms with Gasteiger partial charge in [0.25, 0.3) is 11.6 Å². The number of phenolic OH excluding ortho intramolecular Hbond substituents is 1. The van der Waals surface area contributed by atoms with Crippen LogP contribution in [0.2, 0.25) is 0 Å². The van der Waals surface area contributed by atoms with E-state index in [4.69, 9.17) is 0 Å². The predicted molar refractivity (Wildman–Crippen MR) is 88.2 cm³/mol. The SMILES string of the molecule is C[C@H]1C/C(=N\NC(=O)c2cccc([N+](=O)[O-])c2)c2c(O)ccc(F)c21. The first kappa shape index (κ1) is 16.6. The standard InChI is InChI=1S/C17H14FN3O4/c1-9-7-13(16-14(22)6-5-12(18)15(9)16)19-20-17(23)10-3-2-4-11(8-10)21(24)25/h2-6,8-9,22H,7H2,1H3,(H,20,23)/b19-13+/t9-/m0/s1. The zero-order chi connectivity index (χ0) is 18.1. The Morgan fingerprint density at radius 1 is 1.40 bits per heavy atom. The molecule has 0 aromatic heterocycles. The van der Waals surface area contributed by atoms with Gasteiger partial charge in [0.2, 0.25) is 0 Å². The lowest BCUT2D eigenvalue weighted by Crippen LogP contribution is -2.19. The fraction of sp³-hybridized carbons (Fsp3) is 0.176. The van der Waals surface area contributed by atoms with Gasteiger partial charge >= 0.3 is 0 Å². The summed E-state index contributed by atoms with van der Waals surface area (Å²) in [5, 5.41) is 24.7. The molecule has 0 saturated carbocycles. The molecule has 2 aromatic carbocycles. The third kappa shape index (κ3) is 3.06. The Hall–Kier alpha value is -3.29. The molecule has 0 bridgehead atoms. The van der Waals surface area contributed by atoms with Crippen LogP contribution in [-0.4, -0.2) is 21.6 Å². The van der Waals surface area contributed by atoms with Gasteiger partial charge in [0.1, 0.15) is 11.6 Å². The number of nitrogens with one attached hydrogen (secondary N) is 1. The molecule has 3 rings (SSSR count). The fourth-order valence-corrected chi connectivity index (χ4v) is 2.91. The van der Waals surface area contributed by atoms with E-state index >= 15 is 0 Å². The van der Waals surface area contributed by atoms with Crippen LogP contribution in [0.25, 0.3) is 0 Å². The van der Waals surface area contributed by atoms with Gasteiger partial charge in [-0.1, -0.05) is 13.0 Å². The third-order valence-corrected chi connectivity index (χ3v) is 4.06. The van der Waals surface area contributed by atoms with E-state index in [0.29, 0.717) is 17.7 Å². The van der Waals surface area contributed by atoms with Crippen molar-refractivity contribution >= 4 is 17.3 Å². The van der Waals surface area contributed by atoms with Gasteiger partial charge in [-0.25, -0.2) is 9.82 Å². The van der Waals surface area contributed by atoms with E-state index in [0.717, 1.165) is 6.07 Å². The summed E-state index contributed by atoms with van der Waals surface area (Å²) in [7, 11) is 0. The number of carbonyl (C=O) groups excluding carboxylic acids is 1. The van der Waals surface area contributed by atoms with Crippen molar-refractivity contribution in [3.63, 3.8) is 0 Å². The van der Waals surface area contributed by atoms with Crippen LogP contribution in [0.3, 0.4) is 0 Å². The number of halogens is 1. The lowest BCUT2D eigenvalue weighted by molar-refractivity contribution is -0.384. The molecule has 25 heavy (non-hydrogen) atoms. The van der Waals surface area contributed by atoms with Gasteiger partial charge in [-0.2, -0.15) is 5.10 Å². The number of nitro benzene ring substituents is 1. The molecule has 1 atom stereocenters. The highest BCUT2D eigenvalue weighted by Crippen LogP contribution is 2.39. The van der Waals surface area contributed by atoms with Gasteiger partial charge in [-0.05, 0) is 30.5 Å². The Bertz CT molecular complexity index is 911. The van der Waals surface area contributed by atoms with Gasteiger partial charge in [-0.3, -0.25) is 14.9 Å². The van der Waals surface area contributed by atoms with Crippen molar-refractivity contribution in [1.29, 1.82) is 0 Å². The number of fused-ring (bicyclic) bond motifs is 1. The number of aromatic hydroxyl groups is 1. The van der Waals surface area contributed by atoms with E-state index in [9.17, 15) is 24.4 Å². The third-order valence-electron chi connectivity index (χ3n) is 4.06. The highest BCUT2D eigenvalue weighted by molar-refractivity contribution is 6.08. The first-order valence-corrected chi connectivity index (χ1v) is 7.51. The molecule has 0 spiro atoms. The normalized spacial score (nSPS) is 17.4. The molecule has 128 valence electrons. The number of hydrazone groups is 1. The second kappa shape index (κ2) is 6.31. The lowest BCUT2D eigenvalue weighted by atomic mass is 10.0. The maximum absolute atomic E-state index is 14.0. The highest BCUT2D eigenvalue weighted by atomic mass is 19.1. The maximum Gasteiger partial charge on any atom is 0.271 e. The number of amides is 1. The zero-order valence-electron chi connectivity index (χ0n) is 13.2. The molecule has 8 heteroatoms. The van der Waals surface area contributed by atoms with E-state index in [1.807, 2.05) is 0 Å². The van der Waals surface area contributed by atoms with E-state index in [1.165, 1.54) is 30.3 Å². The van der Waals surface area contributed by atoms with Crippen LogP contribution in [0.1, 0.15) is 40.7 Å². The smallest absolute Gasteiger partial charge is 0.271 e. The van der Waals surface area contributed by atoms with Crippen LogP contribution in [0.15, 0.2) is 41.5 Å². The topological polar surface area (TPSA) is 105 Å². The number of hydrogen-bond donors (Lipinski definition) is 2. The van der Waals surface area contributed by atoms with Gasteiger partial charge < -0.3 is 5.11 Å². The minimum Gasteiger partial charge on any atom is -0.507 e. The Labute approximate surface area is 141 Å². The Morgan fingerprint density at radius 3 is 2.88 bits per heavy atom. The molecule has 1 aliphatic rings. The Balaban J connectivity index is 1.87. The number of rotatable bonds is 3. The fourth-order valence-electron chi connectivity index (χ4n) is 2.91. The van der Waals surface area contributed by atoms with Gasteiger partial charge in [0.05, 0.1) is 10.6 Å². The molecule has 0 radical (unpaired) electrons. The minimum atomic E-state index is -0.631. The zero-order valence-corrected chi connectivity index (χ0v) is 13.2. The largest absolute Gasteiger partial charge is 0.507 e. The summed E-state index contributed by atoms with van der Waals surface area (Å²) in [4.78, 5) is 22.3. The number of hydrogen-bond acceptors (Lipinski definition) is 5. The average molecular weight is 343 g/mol. The summed E-state index contributed by atoms with van der Waals surface area (Å²) in [6.45, 7) is 1.80. The van der Waals surface area contributed by atoms with Crippen LogP contribution < -0.4 is 5.43 Å². The van der Waals surface area contributed by atoms with Crippen LogP contribution in [0.5, 0.6) is 5.75 Å². The molecular weight excluding hydrogens is 329 g/mol. The van der Waals surface area contributed by atoms with Crippen molar-refractivity contribution in [3.8, 4) is 5.75 Å². The first-order valence-electron chi connectivity index (χ1n) is 7.51. The van der Waals surface area contributed by atoms with E-state index in [1.54, 1.807) is 6.92 Å². The van der Waals surface area contributed by atoms with Crippen molar-refractivity contribution in [1.82, 2.24) is 5.43 Å². The van der Waals surface area contributed by atoms with E-state index < -0.39 is 16.6 Å². The van der Waals surface area contributed by atoms with Crippen LogP contribution in [0, 0.1) is 15.9 Å². The predicted octanol–water partition coefficient (Wildman–Crippen LogP) is 3.08. The lowest BCUT2D eigenvalue weighted by Gasteiger charge is -2.06. The summed E-state index contributed by atoms with van der Waals surface area (Å²) in [5.74, 6) is -1.36. The van der Waals surface area contributed by atoms with Crippen molar-refractivity contribution in [2.24, 2.45) is 5.10 Å². The first-order chi connectivity index (χ1) is 11.9. The molecular formula is C17H14FN3O4. The number of nitrogens with zero attached hydrogens (tertiary/aromatic N) is 2. The molecule has 0 aliphatic heterocycles. The highest BCUT2D eigenvalue weighted by Gasteiger charge is 2.30. The second-order valence-electron chi connectivity index (χ2n) is 5.77. The van der Waals surface area contributed by atoms with Gasteiger partial charge in [0, 0.05) is 28.8 Å². The molecule has 1 amide bonds. The Morgan fingerprint density at radius 2 is 2.16 bits per heavy atom. The number of phenols is 1. The molecule has 1 aliphatic carbocycles. The van der Waals surface area contributed by atoms with E-state index in [-0.39, 0.29) is 28.5 Å². The molecule has 0 fully saturated rings. The monoisotopic (exact) mass is 343 g/mol. The van der Waals surface area contributed by atoms with Crippen molar-refractivity contribution in [2.45, 2.75) is 19.3 Å². The Kier molecular flexibility index (Phi) is 4.18. The average Bonchev–Trinajstić information content (AvgIpc) is 2.94. The maximum atomic E-state index is 14.0. The van der Waals surface area contributed by atoms with Crippen LogP contribution in [0.4, 0.5) is 10.1 Å². The molecule has 7 nitrogen and oxygen atoms in total. The molecule has 2 N–H and O–H groups in total. The summed E-state index contributed by atoms with van der Waals surface area (Å²) in [6.07, 6.45) is 0.360. The van der Waals surface area contributed by atoms with Gasteiger partial charge in [-0.15, -0.1) is 0 Å². The van der Waals surface area contributed by atoms with Crippen LogP contribution >= 0.6 is 0 Å². The second-order valence-corrected chi connectivity index (χ2v) is 5.77. The molecule has 2 aromatic rings. The van der Waals surface area contributed by atoms with Crippen LogP contribution in [-0.2, 0) is 0 Å². The summed E-state index contributed by atoms with van der Waals surface area (Å²) < 4.78 is 14.0.